The van der Waals surface area contributed by atoms with Gasteiger partial charge in [-0.1, -0.05) is 12.1 Å². The normalized spacial score (nSPS) is 9.81. The van der Waals surface area contributed by atoms with Crippen LogP contribution >= 0.6 is 0 Å². The van der Waals surface area contributed by atoms with Crippen LogP contribution in [0.15, 0.2) is 36.4 Å². The molecule has 0 atom stereocenters. The van der Waals surface area contributed by atoms with E-state index in [0.717, 1.165) is 0 Å². The number of aromatic nitrogens is 2. The lowest BCUT2D eigenvalue weighted by atomic mass is 10.3. The van der Waals surface area contributed by atoms with Gasteiger partial charge in [0.05, 0.1) is 7.11 Å². The third-order valence-electron chi connectivity index (χ3n) is 1.94. The Bertz CT molecular complexity index is 471. The molecule has 0 saturated heterocycles. The first-order chi connectivity index (χ1) is 7.79. The highest BCUT2D eigenvalue weighted by molar-refractivity contribution is 5.41. The Balaban J connectivity index is 2.23. The van der Waals surface area contributed by atoms with Crippen LogP contribution in [0.3, 0.4) is 0 Å². The molecule has 2 N–H and O–H groups in total. The first-order valence-corrected chi connectivity index (χ1v) is 4.69. The fourth-order valence-corrected chi connectivity index (χ4v) is 1.20. The van der Waals surface area contributed by atoms with Crippen molar-refractivity contribution in [3.05, 3.63) is 36.4 Å². The average molecular weight is 217 g/mol. The van der Waals surface area contributed by atoms with Crippen LogP contribution in [0.2, 0.25) is 0 Å². The van der Waals surface area contributed by atoms with Crippen molar-refractivity contribution in [3.63, 3.8) is 0 Å². The quantitative estimate of drug-likeness (QED) is 0.849. The maximum atomic E-state index is 5.50. The molecule has 0 aliphatic heterocycles. The van der Waals surface area contributed by atoms with E-state index in [-0.39, 0.29) is 0 Å². The molecule has 0 amide bonds. The Labute approximate surface area is 92.8 Å². The molecule has 0 unspecified atom stereocenters. The second kappa shape index (κ2) is 4.48. The highest BCUT2D eigenvalue weighted by atomic mass is 16.5. The van der Waals surface area contributed by atoms with Gasteiger partial charge in [0.1, 0.15) is 5.82 Å². The fourth-order valence-electron chi connectivity index (χ4n) is 1.20. The number of hydrogen-bond donors (Lipinski definition) is 1. The van der Waals surface area contributed by atoms with Gasteiger partial charge >= 0.3 is 0 Å². The zero-order valence-corrected chi connectivity index (χ0v) is 8.75. The molecule has 0 spiro atoms. The summed E-state index contributed by atoms with van der Waals surface area (Å²) >= 11 is 0. The van der Waals surface area contributed by atoms with Crippen LogP contribution in [0.4, 0.5) is 5.82 Å². The van der Waals surface area contributed by atoms with Gasteiger partial charge < -0.3 is 15.2 Å². The lowest BCUT2D eigenvalue weighted by Gasteiger charge is -2.08. The van der Waals surface area contributed by atoms with Crippen LogP contribution in [-0.4, -0.2) is 17.3 Å². The Morgan fingerprint density at radius 1 is 1.00 bits per heavy atom. The summed E-state index contributed by atoms with van der Waals surface area (Å²) in [4.78, 5) is 0. The van der Waals surface area contributed by atoms with Gasteiger partial charge in [-0.25, -0.2) is 0 Å². The molecule has 0 fully saturated rings. The average Bonchev–Trinajstić information content (AvgIpc) is 2.33. The smallest absolute Gasteiger partial charge is 0.239 e. The Kier molecular flexibility index (Phi) is 2.86. The fraction of sp³-hybridized carbons (Fsp3) is 0.0909. The third-order valence-corrected chi connectivity index (χ3v) is 1.94. The van der Waals surface area contributed by atoms with Gasteiger partial charge in [0, 0.05) is 6.07 Å². The highest BCUT2D eigenvalue weighted by Gasteiger charge is 2.04. The summed E-state index contributed by atoms with van der Waals surface area (Å²) < 4.78 is 10.6. The highest BCUT2D eigenvalue weighted by Crippen LogP contribution is 2.29. The summed E-state index contributed by atoms with van der Waals surface area (Å²) in [5.41, 5.74) is 5.42. The maximum absolute atomic E-state index is 5.50. The predicted molar refractivity (Wildman–Crippen MR) is 59.5 cm³/mol. The molecule has 0 bridgehead atoms. The molecule has 2 aromatic rings. The molecule has 0 aliphatic rings. The summed E-state index contributed by atoms with van der Waals surface area (Å²) in [6.07, 6.45) is 0. The molecule has 0 aliphatic carbocycles. The van der Waals surface area contributed by atoms with Gasteiger partial charge in [-0.3, -0.25) is 0 Å². The molecule has 1 aromatic carbocycles. The molecule has 0 radical (unpaired) electrons. The topological polar surface area (TPSA) is 70.3 Å². The number of nitrogen functional groups attached to an aromatic ring is 1. The second-order valence-electron chi connectivity index (χ2n) is 3.05. The number of hydrogen-bond acceptors (Lipinski definition) is 5. The van der Waals surface area contributed by atoms with Crippen LogP contribution in [0.1, 0.15) is 0 Å². The Hall–Kier alpha value is -2.30. The van der Waals surface area contributed by atoms with Gasteiger partial charge in [0.2, 0.25) is 5.88 Å². The predicted octanol–water partition coefficient (Wildman–Crippen LogP) is 1.86. The standard InChI is InChI=1S/C11H11N3O2/c1-15-8-4-2-3-5-9(8)16-11-7-6-10(12)13-14-11/h2-7H,1H3,(H2,12,13). The summed E-state index contributed by atoms with van der Waals surface area (Å²) in [7, 11) is 1.58. The Morgan fingerprint density at radius 3 is 2.38 bits per heavy atom. The number of methoxy groups -OCH3 is 1. The van der Waals surface area contributed by atoms with Gasteiger partial charge in [-0.2, -0.15) is 0 Å². The molecule has 16 heavy (non-hydrogen) atoms. The van der Waals surface area contributed by atoms with Crippen molar-refractivity contribution in [3.8, 4) is 17.4 Å². The molecule has 5 nitrogen and oxygen atoms in total. The number of para-hydroxylation sites is 2. The third kappa shape index (κ3) is 2.20. The van der Waals surface area contributed by atoms with Crippen LogP contribution < -0.4 is 15.2 Å². The van der Waals surface area contributed by atoms with Crippen molar-refractivity contribution in [2.75, 3.05) is 12.8 Å². The van der Waals surface area contributed by atoms with Gasteiger partial charge in [-0.15, -0.1) is 10.2 Å². The minimum Gasteiger partial charge on any atom is -0.493 e. The summed E-state index contributed by atoms with van der Waals surface area (Å²) in [5, 5.41) is 7.49. The first kappa shape index (κ1) is 10.2. The van der Waals surface area contributed by atoms with E-state index in [0.29, 0.717) is 23.2 Å². The summed E-state index contributed by atoms with van der Waals surface area (Å²) in [6, 6.07) is 10.6. The zero-order chi connectivity index (χ0) is 11.4. The molecule has 82 valence electrons. The van der Waals surface area contributed by atoms with Gasteiger partial charge in [0.25, 0.3) is 0 Å². The van der Waals surface area contributed by atoms with Gasteiger partial charge in [-0.05, 0) is 18.2 Å². The second-order valence-corrected chi connectivity index (χ2v) is 3.05. The minimum atomic E-state index is 0.354. The van der Waals surface area contributed by atoms with Crippen molar-refractivity contribution in [2.45, 2.75) is 0 Å². The largest absolute Gasteiger partial charge is 0.493 e. The summed E-state index contributed by atoms with van der Waals surface area (Å²) in [6.45, 7) is 0. The Morgan fingerprint density at radius 2 is 1.75 bits per heavy atom. The van der Waals surface area contributed by atoms with Crippen molar-refractivity contribution in [1.82, 2.24) is 10.2 Å². The van der Waals surface area contributed by atoms with Crippen LogP contribution in [-0.2, 0) is 0 Å². The molecule has 1 heterocycles. The van der Waals surface area contributed by atoms with E-state index in [1.54, 1.807) is 31.4 Å². The van der Waals surface area contributed by atoms with E-state index in [4.69, 9.17) is 15.2 Å². The first-order valence-electron chi connectivity index (χ1n) is 4.69. The van der Waals surface area contributed by atoms with E-state index < -0.39 is 0 Å². The van der Waals surface area contributed by atoms with Crippen LogP contribution in [0, 0.1) is 0 Å². The van der Waals surface area contributed by atoms with Gasteiger partial charge in [0.15, 0.2) is 11.5 Å². The maximum Gasteiger partial charge on any atom is 0.239 e. The number of nitrogens with zero attached hydrogens (tertiary/aromatic N) is 2. The van der Waals surface area contributed by atoms with Crippen molar-refractivity contribution in [1.29, 1.82) is 0 Å². The SMILES string of the molecule is COc1ccccc1Oc1ccc(N)nn1. The van der Waals surface area contributed by atoms with Crippen LogP contribution in [0.5, 0.6) is 17.4 Å². The number of ether oxygens (including phenoxy) is 2. The van der Waals surface area contributed by atoms with Crippen molar-refractivity contribution in [2.24, 2.45) is 0 Å². The number of benzene rings is 1. The van der Waals surface area contributed by atoms with E-state index in [1.165, 1.54) is 0 Å². The number of anilines is 1. The zero-order valence-electron chi connectivity index (χ0n) is 8.75. The van der Waals surface area contributed by atoms with E-state index in [2.05, 4.69) is 10.2 Å². The monoisotopic (exact) mass is 217 g/mol. The van der Waals surface area contributed by atoms with Crippen LogP contribution in [0.25, 0.3) is 0 Å². The molecule has 5 heteroatoms. The van der Waals surface area contributed by atoms with E-state index in [1.807, 2.05) is 12.1 Å². The molecule has 2 rings (SSSR count). The number of nitrogens with two attached hydrogens (primary N) is 1. The lowest BCUT2D eigenvalue weighted by Crippen LogP contribution is -1.96. The van der Waals surface area contributed by atoms with Crippen molar-refractivity contribution < 1.29 is 9.47 Å². The summed E-state index contributed by atoms with van der Waals surface area (Å²) in [5.74, 6) is 1.95. The minimum absolute atomic E-state index is 0.354. The van der Waals surface area contributed by atoms with Crippen molar-refractivity contribution >= 4 is 5.82 Å². The molecular weight excluding hydrogens is 206 g/mol. The lowest BCUT2D eigenvalue weighted by molar-refractivity contribution is 0.372. The molecule has 0 saturated carbocycles. The molecular formula is C11H11N3O2. The van der Waals surface area contributed by atoms with E-state index >= 15 is 0 Å². The van der Waals surface area contributed by atoms with E-state index in [9.17, 15) is 0 Å². The molecule has 1 aromatic heterocycles. The number of rotatable bonds is 3.